The van der Waals surface area contributed by atoms with Gasteiger partial charge in [0.25, 0.3) is 0 Å². The number of amides is 1. The highest BCUT2D eigenvalue weighted by atomic mass is 32.2. The standard InChI is InChI=1S/C27H36N4O4S/c1-5-22-24(26(33)34-4)25(20-8-6-19(7-9-20)18(2)3)31-21(17-36-27(31)29-22)16-23(32)28-10-11-30-12-14-35-15-13-30/h6-9,17-18,25H,5,10-16H2,1-4H3,(H,28,32). The van der Waals surface area contributed by atoms with Gasteiger partial charge in [0.1, 0.15) is 0 Å². The predicted molar refractivity (Wildman–Crippen MR) is 142 cm³/mol. The Balaban J connectivity index is 1.55. The van der Waals surface area contributed by atoms with Crippen LogP contribution in [0.3, 0.4) is 0 Å². The minimum absolute atomic E-state index is 0.0462. The van der Waals surface area contributed by atoms with Crippen molar-refractivity contribution in [1.29, 1.82) is 0 Å². The smallest absolute Gasteiger partial charge is 0.338 e. The number of rotatable bonds is 9. The number of thioether (sulfide) groups is 1. The highest BCUT2D eigenvalue weighted by Crippen LogP contribution is 2.45. The Kier molecular flexibility index (Phi) is 8.87. The number of aliphatic imine (C=N–C) groups is 1. The van der Waals surface area contributed by atoms with Crippen LogP contribution in [-0.4, -0.2) is 73.3 Å². The first-order valence-corrected chi connectivity index (χ1v) is 13.5. The summed E-state index contributed by atoms with van der Waals surface area (Å²) in [5.74, 6) is -0.0303. The number of esters is 1. The maximum absolute atomic E-state index is 13.0. The molecular weight excluding hydrogens is 476 g/mol. The Morgan fingerprint density at radius 2 is 1.94 bits per heavy atom. The third kappa shape index (κ3) is 5.85. The van der Waals surface area contributed by atoms with E-state index in [1.807, 2.05) is 17.2 Å². The molecule has 0 radical (unpaired) electrons. The van der Waals surface area contributed by atoms with Crippen molar-refractivity contribution in [2.75, 3.05) is 46.5 Å². The van der Waals surface area contributed by atoms with Crippen LogP contribution in [0.2, 0.25) is 0 Å². The molecule has 3 heterocycles. The molecule has 0 spiro atoms. The molecular formula is C27H36N4O4S. The molecule has 3 aliphatic rings. The van der Waals surface area contributed by atoms with Crippen molar-refractivity contribution >= 4 is 28.8 Å². The summed E-state index contributed by atoms with van der Waals surface area (Å²) >= 11 is 1.50. The number of methoxy groups -OCH3 is 1. The van der Waals surface area contributed by atoms with Gasteiger partial charge in [0.2, 0.25) is 5.91 Å². The van der Waals surface area contributed by atoms with Crippen LogP contribution in [0.4, 0.5) is 0 Å². The highest BCUT2D eigenvalue weighted by Gasteiger charge is 2.41. The molecule has 1 fully saturated rings. The molecule has 1 aromatic carbocycles. The van der Waals surface area contributed by atoms with E-state index in [9.17, 15) is 9.59 Å². The van der Waals surface area contributed by atoms with Crippen LogP contribution in [0.1, 0.15) is 56.7 Å². The fourth-order valence-corrected chi connectivity index (χ4v) is 5.63. The molecule has 1 aromatic rings. The van der Waals surface area contributed by atoms with Crippen LogP contribution >= 0.6 is 11.8 Å². The van der Waals surface area contributed by atoms with Crippen molar-refractivity contribution in [2.24, 2.45) is 4.99 Å². The van der Waals surface area contributed by atoms with Crippen LogP contribution in [0.5, 0.6) is 0 Å². The Bertz CT molecular complexity index is 1060. The first-order valence-electron chi connectivity index (χ1n) is 12.6. The zero-order valence-electron chi connectivity index (χ0n) is 21.6. The second-order valence-electron chi connectivity index (χ2n) is 9.40. The Morgan fingerprint density at radius 1 is 1.22 bits per heavy atom. The van der Waals surface area contributed by atoms with E-state index in [0.717, 1.165) is 55.0 Å². The number of hydrogen-bond donors (Lipinski definition) is 1. The second kappa shape index (κ2) is 12.1. The van der Waals surface area contributed by atoms with Gasteiger partial charge in [-0.1, -0.05) is 56.8 Å². The molecule has 194 valence electrons. The molecule has 3 aliphatic heterocycles. The van der Waals surface area contributed by atoms with E-state index in [4.69, 9.17) is 14.5 Å². The van der Waals surface area contributed by atoms with E-state index < -0.39 is 12.0 Å². The maximum atomic E-state index is 13.0. The lowest BCUT2D eigenvalue weighted by Crippen LogP contribution is -2.42. The van der Waals surface area contributed by atoms with Gasteiger partial charge in [-0.15, -0.1) is 0 Å². The second-order valence-corrected chi connectivity index (χ2v) is 10.2. The van der Waals surface area contributed by atoms with Crippen LogP contribution in [-0.2, 0) is 19.1 Å². The van der Waals surface area contributed by atoms with Gasteiger partial charge in [-0.25, -0.2) is 9.79 Å². The van der Waals surface area contributed by atoms with Gasteiger partial charge in [-0.3, -0.25) is 9.69 Å². The van der Waals surface area contributed by atoms with E-state index in [-0.39, 0.29) is 12.3 Å². The molecule has 4 rings (SSSR count). The summed E-state index contributed by atoms with van der Waals surface area (Å²) in [7, 11) is 1.40. The average molecular weight is 513 g/mol. The molecule has 36 heavy (non-hydrogen) atoms. The van der Waals surface area contributed by atoms with Crippen molar-refractivity contribution in [3.8, 4) is 0 Å². The maximum Gasteiger partial charge on any atom is 0.338 e. The molecule has 1 N–H and O–H groups in total. The average Bonchev–Trinajstić information content (AvgIpc) is 3.29. The number of ether oxygens (including phenoxy) is 2. The summed E-state index contributed by atoms with van der Waals surface area (Å²) in [6, 6.07) is 7.96. The fourth-order valence-electron chi connectivity index (χ4n) is 4.70. The number of nitrogens with zero attached hydrogens (tertiary/aromatic N) is 3. The minimum Gasteiger partial charge on any atom is -0.466 e. The summed E-state index contributed by atoms with van der Waals surface area (Å²) in [5, 5.41) is 5.81. The molecule has 0 aromatic heterocycles. The van der Waals surface area contributed by atoms with Crippen molar-refractivity contribution < 1.29 is 19.1 Å². The predicted octanol–water partition coefficient (Wildman–Crippen LogP) is 3.79. The minimum atomic E-state index is -0.400. The monoisotopic (exact) mass is 512 g/mol. The van der Waals surface area contributed by atoms with E-state index in [1.165, 1.54) is 24.4 Å². The zero-order valence-corrected chi connectivity index (χ0v) is 22.4. The van der Waals surface area contributed by atoms with E-state index in [0.29, 0.717) is 24.5 Å². The number of fused-ring (bicyclic) bond motifs is 1. The number of carbonyl (C=O) groups is 2. The number of morpholine rings is 1. The normalized spacial score (nSPS) is 20.2. The lowest BCUT2D eigenvalue weighted by Gasteiger charge is -2.36. The van der Waals surface area contributed by atoms with Gasteiger partial charge >= 0.3 is 5.97 Å². The molecule has 1 atom stereocenters. The van der Waals surface area contributed by atoms with Crippen LogP contribution < -0.4 is 5.32 Å². The quantitative estimate of drug-likeness (QED) is 0.504. The summed E-state index contributed by atoms with van der Waals surface area (Å²) in [4.78, 5) is 35.0. The van der Waals surface area contributed by atoms with E-state index in [2.05, 4.69) is 48.3 Å². The van der Waals surface area contributed by atoms with Gasteiger partial charge < -0.3 is 19.7 Å². The number of hydrogen-bond acceptors (Lipinski definition) is 8. The number of carbonyl (C=O) groups excluding carboxylic acids is 2. The first-order chi connectivity index (χ1) is 17.4. The van der Waals surface area contributed by atoms with Gasteiger partial charge in [0.15, 0.2) is 5.17 Å². The highest BCUT2D eigenvalue weighted by molar-refractivity contribution is 8.16. The van der Waals surface area contributed by atoms with Crippen molar-refractivity contribution in [3.05, 3.63) is 57.8 Å². The molecule has 0 saturated carbocycles. The summed E-state index contributed by atoms with van der Waals surface area (Å²) in [6.07, 6.45) is 0.825. The summed E-state index contributed by atoms with van der Waals surface area (Å²) in [5.41, 5.74) is 4.29. The summed E-state index contributed by atoms with van der Waals surface area (Å²) < 4.78 is 10.6. The number of nitrogens with one attached hydrogen (secondary N) is 1. The number of allylic oxidation sites excluding steroid dienone is 1. The van der Waals surface area contributed by atoms with E-state index in [1.54, 1.807) is 0 Å². The summed E-state index contributed by atoms with van der Waals surface area (Å²) in [6.45, 7) is 11.0. The van der Waals surface area contributed by atoms with Crippen LogP contribution in [0, 0.1) is 0 Å². The Morgan fingerprint density at radius 3 is 2.58 bits per heavy atom. The van der Waals surface area contributed by atoms with Gasteiger partial charge in [0, 0.05) is 31.9 Å². The van der Waals surface area contributed by atoms with Crippen molar-refractivity contribution in [1.82, 2.24) is 15.1 Å². The van der Waals surface area contributed by atoms with E-state index >= 15 is 0 Å². The number of amidine groups is 1. The van der Waals surface area contributed by atoms with Gasteiger partial charge in [-0.05, 0) is 28.9 Å². The van der Waals surface area contributed by atoms with Gasteiger partial charge in [-0.2, -0.15) is 0 Å². The SMILES string of the molecule is CCC1=C(C(=O)OC)C(c2ccc(C(C)C)cc2)N2C(CC(=O)NCCN3CCOCC3)=CSC2=N1. The third-order valence-electron chi connectivity index (χ3n) is 6.74. The largest absolute Gasteiger partial charge is 0.466 e. The third-order valence-corrected chi connectivity index (χ3v) is 7.63. The molecule has 0 bridgehead atoms. The van der Waals surface area contributed by atoms with Crippen LogP contribution in [0.25, 0.3) is 0 Å². The molecule has 0 aliphatic carbocycles. The topological polar surface area (TPSA) is 83.5 Å². The lowest BCUT2D eigenvalue weighted by molar-refractivity contribution is -0.136. The Hall–Kier alpha value is -2.62. The molecule has 1 saturated heterocycles. The molecule has 1 amide bonds. The van der Waals surface area contributed by atoms with Gasteiger partial charge in [0.05, 0.1) is 44.1 Å². The fraction of sp³-hybridized carbons (Fsp3) is 0.519. The van der Waals surface area contributed by atoms with Crippen molar-refractivity contribution in [3.63, 3.8) is 0 Å². The number of benzene rings is 1. The Labute approximate surface area is 217 Å². The van der Waals surface area contributed by atoms with Crippen molar-refractivity contribution in [2.45, 2.75) is 45.6 Å². The molecule has 9 heteroatoms. The molecule has 1 unspecified atom stereocenters. The lowest BCUT2D eigenvalue weighted by atomic mass is 9.91. The zero-order chi connectivity index (χ0) is 25.7. The first kappa shape index (κ1) is 26.4. The van der Waals surface area contributed by atoms with Crippen LogP contribution in [0.15, 0.2) is 51.6 Å². The molecule has 8 nitrogen and oxygen atoms in total.